The Morgan fingerprint density at radius 1 is 0.439 bits per heavy atom. The Kier molecular flexibility index (Phi) is 58.4. The highest BCUT2D eigenvalue weighted by Crippen LogP contribution is 2.24. The summed E-state index contributed by atoms with van der Waals surface area (Å²) in [6, 6.07) is -0.804. The van der Waals surface area contributed by atoms with Gasteiger partial charge in [-0.1, -0.05) is 334 Å². The summed E-state index contributed by atoms with van der Waals surface area (Å²) >= 11 is 0. The van der Waals surface area contributed by atoms with E-state index in [-0.39, 0.29) is 18.5 Å². The summed E-state index contributed by atoms with van der Waals surface area (Å²) in [4.78, 5) is 25.1. The standard InChI is InChI=1S/C71H137NO10/c1-3-5-7-9-11-13-14-39-43-47-51-55-59-67(76)80-60-56-52-48-44-40-37-35-33-31-29-27-25-23-21-19-17-15-16-18-20-22-24-26-28-30-32-34-36-38-42-46-50-54-58-66(75)72-63(64(74)57-53-49-45-41-12-10-8-6-4-2)62-81-71-70(79)69(78)68(77)65(61-73)82-71/h53,57,63-65,68-71,73-74,77-79H,3-52,54-56,58-62H2,1-2H3,(H,72,75)/b57-53+. The smallest absolute Gasteiger partial charge is 0.305 e. The number of esters is 1. The van der Waals surface area contributed by atoms with Crippen LogP contribution in [0.15, 0.2) is 12.2 Å². The number of carbonyl (C=O) groups is 2. The van der Waals surface area contributed by atoms with Gasteiger partial charge in [-0.3, -0.25) is 9.59 Å². The van der Waals surface area contributed by atoms with Crippen LogP contribution in [0.2, 0.25) is 0 Å². The summed E-state index contributed by atoms with van der Waals surface area (Å²) in [6.45, 7) is 4.36. The van der Waals surface area contributed by atoms with Crippen molar-refractivity contribution in [1.82, 2.24) is 5.32 Å². The Hall–Kier alpha value is -1.60. The number of carbonyl (C=O) groups excluding carboxylic acids is 2. The molecule has 0 saturated carbocycles. The molecule has 0 aromatic heterocycles. The molecule has 1 amide bonds. The van der Waals surface area contributed by atoms with Crippen molar-refractivity contribution in [2.75, 3.05) is 19.8 Å². The minimum absolute atomic E-state index is 0.0158. The molecule has 0 spiro atoms. The zero-order chi connectivity index (χ0) is 59.5. The monoisotopic (exact) mass is 1160 g/mol. The Labute approximate surface area is 506 Å². The second-order valence-corrected chi connectivity index (χ2v) is 25.3. The van der Waals surface area contributed by atoms with Gasteiger partial charge in [-0.05, 0) is 32.1 Å². The average molecular weight is 1160 g/mol. The molecule has 0 aliphatic carbocycles. The lowest BCUT2D eigenvalue weighted by Crippen LogP contribution is -2.60. The van der Waals surface area contributed by atoms with Crippen molar-refractivity contribution in [2.24, 2.45) is 0 Å². The molecule has 0 radical (unpaired) electrons. The van der Waals surface area contributed by atoms with Crippen LogP contribution in [0.4, 0.5) is 0 Å². The number of amides is 1. The first kappa shape index (κ1) is 78.4. The van der Waals surface area contributed by atoms with E-state index in [2.05, 4.69) is 19.2 Å². The van der Waals surface area contributed by atoms with Crippen LogP contribution < -0.4 is 5.32 Å². The highest BCUT2D eigenvalue weighted by Gasteiger charge is 2.44. The highest BCUT2D eigenvalue weighted by molar-refractivity contribution is 5.76. The Morgan fingerprint density at radius 3 is 1.13 bits per heavy atom. The largest absolute Gasteiger partial charge is 0.466 e. The van der Waals surface area contributed by atoms with Gasteiger partial charge in [0.05, 0.1) is 32.0 Å². The lowest BCUT2D eigenvalue weighted by Gasteiger charge is -2.40. The fraction of sp³-hybridized carbons (Fsp3) is 0.944. The van der Waals surface area contributed by atoms with E-state index in [4.69, 9.17) is 14.2 Å². The van der Waals surface area contributed by atoms with Crippen LogP contribution in [-0.2, 0) is 23.8 Å². The van der Waals surface area contributed by atoms with Gasteiger partial charge in [0.2, 0.25) is 5.91 Å². The minimum atomic E-state index is -1.57. The van der Waals surface area contributed by atoms with E-state index >= 15 is 0 Å². The van der Waals surface area contributed by atoms with Crippen molar-refractivity contribution in [3.05, 3.63) is 12.2 Å². The zero-order valence-corrected chi connectivity index (χ0v) is 54.0. The van der Waals surface area contributed by atoms with Crippen LogP contribution in [0.3, 0.4) is 0 Å². The summed E-state index contributed by atoms with van der Waals surface area (Å²) in [7, 11) is 0. The van der Waals surface area contributed by atoms with Crippen LogP contribution >= 0.6 is 0 Å². The fourth-order valence-corrected chi connectivity index (χ4v) is 11.7. The van der Waals surface area contributed by atoms with Gasteiger partial charge < -0.3 is 45.1 Å². The molecule has 7 unspecified atom stereocenters. The van der Waals surface area contributed by atoms with E-state index in [9.17, 15) is 35.1 Å². The molecular weight excluding hydrogens is 1030 g/mol. The SMILES string of the molecule is CCCCCCCCC/C=C/C(O)C(COC1OC(CO)C(O)C(O)C1O)NC(=O)CCCCCCCCCCCCCCCCCCCCCCCCCCCCCCCCCCCOC(=O)CCCCCCCCCCCCCC. The first-order valence-corrected chi connectivity index (χ1v) is 36.0. The van der Waals surface area contributed by atoms with E-state index in [1.54, 1.807) is 6.08 Å². The van der Waals surface area contributed by atoms with E-state index in [0.29, 0.717) is 19.4 Å². The second kappa shape index (κ2) is 61.1. The summed E-state index contributed by atoms with van der Waals surface area (Å²) in [5.41, 5.74) is 0. The maximum absolute atomic E-state index is 13.0. The molecule has 7 atom stereocenters. The van der Waals surface area contributed by atoms with Gasteiger partial charge in [-0.2, -0.15) is 0 Å². The molecule has 486 valence electrons. The van der Waals surface area contributed by atoms with Gasteiger partial charge in [-0.15, -0.1) is 0 Å². The number of nitrogens with one attached hydrogen (secondary N) is 1. The molecular formula is C71H137NO10. The molecule has 0 bridgehead atoms. The Bertz CT molecular complexity index is 1370. The van der Waals surface area contributed by atoms with Crippen molar-refractivity contribution >= 4 is 11.9 Å². The predicted molar refractivity (Wildman–Crippen MR) is 343 cm³/mol. The second-order valence-electron chi connectivity index (χ2n) is 25.3. The van der Waals surface area contributed by atoms with Crippen molar-refractivity contribution in [3.63, 3.8) is 0 Å². The van der Waals surface area contributed by atoms with Gasteiger partial charge in [-0.25, -0.2) is 0 Å². The molecule has 1 heterocycles. The molecule has 6 N–H and O–H groups in total. The maximum Gasteiger partial charge on any atom is 0.305 e. The molecule has 1 aliphatic rings. The van der Waals surface area contributed by atoms with Gasteiger partial charge in [0, 0.05) is 12.8 Å². The molecule has 1 aliphatic heterocycles. The van der Waals surface area contributed by atoms with Crippen LogP contribution in [0.25, 0.3) is 0 Å². The Morgan fingerprint density at radius 2 is 0.768 bits per heavy atom. The number of aliphatic hydroxyl groups excluding tert-OH is 5. The number of rotatable bonds is 64. The number of aliphatic hydroxyl groups is 5. The molecule has 1 rings (SSSR count). The van der Waals surface area contributed by atoms with Crippen LogP contribution in [0.1, 0.15) is 367 Å². The average Bonchev–Trinajstić information content (AvgIpc) is 3.68. The summed E-state index contributed by atoms with van der Waals surface area (Å²) in [5, 5.41) is 54.3. The number of hydrogen-bond acceptors (Lipinski definition) is 10. The predicted octanol–water partition coefficient (Wildman–Crippen LogP) is 18.2. The number of unbranched alkanes of at least 4 members (excludes halogenated alkanes) is 50. The third-order valence-electron chi connectivity index (χ3n) is 17.4. The highest BCUT2D eigenvalue weighted by atomic mass is 16.7. The molecule has 11 heteroatoms. The molecule has 1 fully saturated rings. The third-order valence-corrected chi connectivity index (χ3v) is 17.4. The maximum atomic E-state index is 13.0. The van der Waals surface area contributed by atoms with Gasteiger partial charge in [0.15, 0.2) is 6.29 Å². The van der Waals surface area contributed by atoms with Crippen molar-refractivity contribution in [2.45, 2.75) is 410 Å². The fourth-order valence-electron chi connectivity index (χ4n) is 11.7. The van der Waals surface area contributed by atoms with Crippen molar-refractivity contribution < 1.29 is 49.3 Å². The molecule has 1 saturated heterocycles. The third kappa shape index (κ3) is 49.5. The zero-order valence-electron chi connectivity index (χ0n) is 54.0. The number of hydrogen-bond donors (Lipinski definition) is 6. The topological polar surface area (TPSA) is 175 Å². The summed E-state index contributed by atoms with van der Waals surface area (Å²) in [6.07, 6.45) is 65.2. The molecule has 0 aromatic rings. The molecule has 11 nitrogen and oxygen atoms in total. The Balaban J connectivity index is 1.88. The van der Waals surface area contributed by atoms with Crippen LogP contribution in [0.5, 0.6) is 0 Å². The van der Waals surface area contributed by atoms with Gasteiger partial charge in [0.25, 0.3) is 0 Å². The normalized spacial score (nSPS) is 18.2. The lowest BCUT2D eigenvalue weighted by molar-refractivity contribution is -0.302. The van der Waals surface area contributed by atoms with Crippen molar-refractivity contribution in [1.29, 1.82) is 0 Å². The minimum Gasteiger partial charge on any atom is -0.466 e. The van der Waals surface area contributed by atoms with E-state index in [0.717, 1.165) is 51.4 Å². The molecule has 0 aromatic carbocycles. The van der Waals surface area contributed by atoms with E-state index < -0.39 is 49.5 Å². The van der Waals surface area contributed by atoms with E-state index in [1.807, 2.05) is 6.08 Å². The first-order valence-electron chi connectivity index (χ1n) is 36.0. The van der Waals surface area contributed by atoms with Crippen molar-refractivity contribution in [3.8, 4) is 0 Å². The lowest BCUT2D eigenvalue weighted by atomic mass is 9.99. The summed E-state index contributed by atoms with van der Waals surface area (Å²) in [5.74, 6) is -0.161. The number of allylic oxidation sites excluding steroid dienone is 1. The van der Waals surface area contributed by atoms with E-state index in [1.165, 1.54) is 289 Å². The summed E-state index contributed by atoms with van der Waals surface area (Å²) < 4.78 is 16.7. The molecule has 82 heavy (non-hydrogen) atoms. The van der Waals surface area contributed by atoms with Gasteiger partial charge in [0.1, 0.15) is 24.4 Å². The number of ether oxygens (including phenoxy) is 3. The quantitative estimate of drug-likeness (QED) is 0.0195. The first-order chi connectivity index (χ1) is 40.2. The van der Waals surface area contributed by atoms with Gasteiger partial charge >= 0.3 is 5.97 Å². The van der Waals surface area contributed by atoms with Crippen LogP contribution in [-0.4, -0.2) is 100 Å². The van der Waals surface area contributed by atoms with Crippen LogP contribution in [0, 0.1) is 0 Å².